The lowest BCUT2D eigenvalue weighted by molar-refractivity contribution is 0.470. The van der Waals surface area contributed by atoms with Crippen molar-refractivity contribution in [1.29, 1.82) is 0 Å². The molecule has 0 aliphatic heterocycles. The highest BCUT2D eigenvalue weighted by Gasteiger charge is 2.09. The number of aliphatic imine (C=N–C) groups is 1. The van der Waals surface area contributed by atoms with Crippen LogP contribution in [0.1, 0.15) is 21.8 Å². The Bertz CT molecular complexity index is 859. The third kappa shape index (κ3) is 6.31. The first-order chi connectivity index (χ1) is 12.6. The van der Waals surface area contributed by atoms with Crippen molar-refractivity contribution in [3.63, 3.8) is 0 Å². The molecule has 0 spiro atoms. The predicted octanol–water partition coefficient (Wildman–Crippen LogP) is 3.52. The van der Waals surface area contributed by atoms with Gasteiger partial charge in [0.2, 0.25) is 0 Å². The number of benzene rings is 1. The molecule has 0 saturated heterocycles. The number of nitrogens with zero attached hydrogens (tertiary/aromatic N) is 5. The molecule has 2 heterocycles. The SMILES string of the molecule is CN=C(NCc1cccc(Cn2cccn2)c1)N(C)Cc1csc(C)n1.I. The van der Waals surface area contributed by atoms with Crippen LogP contribution in [0, 0.1) is 6.92 Å². The van der Waals surface area contributed by atoms with Crippen LogP contribution in [0.5, 0.6) is 0 Å². The lowest BCUT2D eigenvalue weighted by atomic mass is 10.1. The molecule has 1 N–H and O–H groups in total. The molecule has 0 atom stereocenters. The molecular formula is C19H25IN6S. The fourth-order valence-corrected chi connectivity index (χ4v) is 3.39. The summed E-state index contributed by atoms with van der Waals surface area (Å²) in [4.78, 5) is 11.0. The minimum atomic E-state index is 0. The van der Waals surface area contributed by atoms with E-state index < -0.39 is 0 Å². The summed E-state index contributed by atoms with van der Waals surface area (Å²) in [7, 11) is 3.83. The van der Waals surface area contributed by atoms with Crippen molar-refractivity contribution >= 4 is 41.3 Å². The summed E-state index contributed by atoms with van der Waals surface area (Å²) in [5.74, 6) is 0.855. The molecule has 0 unspecified atom stereocenters. The number of rotatable bonds is 6. The second-order valence-corrected chi connectivity index (χ2v) is 7.20. The smallest absolute Gasteiger partial charge is 0.194 e. The van der Waals surface area contributed by atoms with E-state index in [1.165, 1.54) is 11.1 Å². The minimum absolute atomic E-state index is 0. The van der Waals surface area contributed by atoms with Crippen LogP contribution in [0.25, 0.3) is 0 Å². The summed E-state index contributed by atoms with van der Waals surface area (Å²) >= 11 is 1.67. The molecule has 3 aromatic rings. The van der Waals surface area contributed by atoms with Gasteiger partial charge in [-0.25, -0.2) is 4.98 Å². The van der Waals surface area contributed by atoms with Gasteiger partial charge in [0, 0.05) is 38.4 Å². The quantitative estimate of drug-likeness (QED) is 0.323. The number of aromatic nitrogens is 3. The molecule has 144 valence electrons. The molecule has 0 amide bonds. The van der Waals surface area contributed by atoms with Crippen LogP contribution >= 0.6 is 35.3 Å². The summed E-state index contributed by atoms with van der Waals surface area (Å²) in [6.45, 7) is 4.26. The van der Waals surface area contributed by atoms with Crippen LogP contribution < -0.4 is 5.32 Å². The fourth-order valence-electron chi connectivity index (χ4n) is 2.78. The first-order valence-electron chi connectivity index (χ1n) is 8.52. The zero-order valence-corrected chi connectivity index (χ0v) is 18.9. The molecule has 6 nitrogen and oxygen atoms in total. The van der Waals surface area contributed by atoms with E-state index in [-0.39, 0.29) is 24.0 Å². The highest BCUT2D eigenvalue weighted by molar-refractivity contribution is 14.0. The van der Waals surface area contributed by atoms with Crippen molar-refractivity contribution in [3.05, 3.63) is 69.9 Å². The number of hydrogen-bond donors (Lipinski definition) is 1. The van der Waals surface area contributed by atoms with Crippen molar-refractivity contribution in [2.75, 3.05) is 14.1 Å². The van der Waals surface area contributed by atoms with Crippen molar-refractivity contribution < 1.29 is 0 Å². The van der Waals surface area contributed by atoms with Crippen molar-refractivity contribution in [2.45, 2.75) is 26.6 Å². The summed E-state index contributed by atoms with van der Waals surface area (Å²) in [6.07, 6.45) is 3.77. The normalized spacial score (nSPS) is 11.1. The first-order valence-corrected chi connectivity index (χ1v) is 9.40. The molecule has 2 aromatic heterocycles. The second kappa shape index (κ2) is 10.4. The molecule has 0 bridgehead atoms. The van der Waals surface area contributed by atoms with Gasteiger partial charge >= 0.3 is 0 Å². The number of aryl methyl sites for hydroxylation is 1. The van der Waals surface area contributed by atoms with E-state index in [4.69, 9.17) is 0 Å². The molecule has 0 saturated carbocycles. The fraction of sp³-hybridized carbons (Fsp3) is 0.316. The van der Waals surface area contributed by atoms with Gasteiger partial charge in [-0.2, -0.15) is 5.10 Å². The summed E-state index contributed by atoms with van der Waals surface area (Å²) in [6, 6.07) is 10.5. The summed E-state index contributed by atoms with van der Waals surface area (Å²) < 4.78 is 1.93. The highest BCUT2D eigenvalue weighted by atomic mass is 127. The average Bonchev–Trinajstić information content (AvgIpc) is 3.27. The standard InChI is InChI=1S/C19H24N6S.HI/c1-15-23-18(14-26-15)13-24(3)19(20-2)21-11-16-6-4-7-17(10-16)12-25-9-5-8-22-25;/h4-10,14H,11-13H2,1-3H3,(H,20,21);1H. The van der Waals surface area contributed by atoms with Crippen molar-refractivity contribution in [1.82, 2.24) is 25.0 Å². The Kier molecular flexibility index (Phi) is 8.23. The number of halogens is 1. The lowest BCUT2D eigenvalue weighted by Gasteiger charge is -2.21. The Hall–Kier alpha value is -1.94. The maximum absolute atomic E-state index is 4.52. The Morgan fingerprint density at radius 2 is 2.11 bits per heavy atom. The molecule has 8 heteroatoms. The molecule has 0 aliphatic rings. The summed E-state index contributed by atoms with van der Waals surface area (Å²) in [5, 5.41) is 10.9. The minimum Gasteiger partial charge on any atom is -0.352 e. The Morgan fingerprint density at radius 3 is 2.78 bits per heavy atom. The summed E-state index contributed by atoms with van der Waals surface area (Å²) in [5.41, 5.74) is 3.52. The van der Waals surface area contributed by atoms with Gasteiger partial charge in [-0.1, -0.05) is 24.3 Å². The van der Waals surface area contributed by atoms with Gasteiger partial charge in [-0.05, 0) is 24.1 Å². The second-order valence-electron chi connectivity index (χ2n) is 6.14. The van der Waals surface area contributed by atoms with Crippen LogP contribution in [-0.2, 0) is 19.6 Å². The van der Waals surface area contributed by atoms with E-state index in [1.54, 1.807) is 24.6 Å². The number of thiazole rings is 1. The average molecular weight is 496 g/mol. The van der Waals surface area contributed by atoms with Gasteiger partial charge in [-0.15, -0.1) is 35.3 Å². The van der Waals surface area contributed by atoms with Crippen LogP contribution in [0.4, 0.5) is 0 Å². The van der Waals surface area contributed by atoms with E-state index >= 15 is 0 Å². The molecule has 0 radical (unpaired) electrons. The maximum Gasteiger partial charge on any atom is 0.194 e. The molecular weight excluding hydrogens is 471 g/mol. The van der Waals surface area contributed by atoms with Crippen molar-refractivity contribution in [2.24, 2.45) is 4.99 Å². The number of nitrogens with one attached hydrogen (secondary N) is 1. The van der Waals surface area contributed by atoms with Gasteiger partial charge in [-0.3, -0.25) is 9.67 Å². The van der Waals surface area contributed by atoms with Gasteiger partial charge in [0.05, 0.1) is 23.8 Å². The molecule has 3 rings (SSSR count). The third-order valence-corrected chi connectivity index (χ3v) is 4.81. The predicted molar refractivity (Wildman–Crippen MR) is 122 cm³/mol. The van der Waals surface area contributed by atoms with E-state index in [1.807, 2.05) is 30.9 Å². The van der Waals surface area contributed by atoms with Gasteiger partial charge in [0.25, 0.3) is 0 Å². The van der Waals surface area contributed by atoms with Gasteiger partial charge in [0.15, 0.2) is 5.96 Å². The maximum atomic E-state index is 4.52. The molecule has 1 aromatic carbocycles. The first kappa shape index (κ1) is 21.4. The number of hydrogen-bond acceptors (Lipinski definition) is 4. The van der Waals surface area contributed by atoms with E-state index in [9.17, 15) is 0 Å². The van der Waals surface area contributed by atoms with E-state index in [0.717, 1.165) is 36.3 Å². The van der Waals surface area contributed by atoms with Gasteiger partial charge in [0.1, 0.15) is 0 Å². The van der Waals surface area contributed by atoms with Crippen LogP contribution in [0.3, 0.4) is 0 Å². The Balaban J connectivity index is 0.00000261. The largest absolute Gasteiger partial charge is 0.352 e. The van der Waals surface area contributed by atoms with Crippen LogP contribution in [0.2, 0.25) is 0 Å². The topological polar surface area (TPSA) is 58.3 Å². The Morgan fingerprint density at radius 1 is 1.30 bits per heavy atom. The van der Waals surface area contributed by atoms with Crippen molar-refractivity contribution in [3.8, 4) is 0 Å². The van der Waals surface area contributed by atoms with Crippen LogP contribution in [0.15, 0.2) is 53.1 Å². The molecule has 0 aliphatic carbocycles. The highest BCUT2D eigenvalue weighted by Crippen LogP contribution is 2.10. The van der Waals surface area contributed by atoms with E-state index in [2.05, 4.69) is 54.9 Å². The number of guanidine groups is 1. The third-order valence-electron chi connectivity index (χ3n) is 3.98. The van der Waals surface area contributed by atoms with Crippen LogP contribution in [-0.4, -0.2) is 39.7 Å². The Labute approximate surface area is 181 Å². The molecule has 27 heavy (non-hydrogen) atoms. The monoisotopic (exact) mass is 496 g/mol. The lowest BCUT2D eigenvalue weighted by Crippen LogP contribution is -2.38. The molecule has 0 fully saturated rings. The zero-order valence-electron chi connectivity index (χ0n) is 15.8. The van der Waals surface area contributed by atoms with E-state index in [0.29, 0.717) is 0 Å². The zero-order chi connectivity index (χ0) is 18.4. The van der Waals surface area contributed by atoms with Gasteiger partial charge < -0.3 is 10.2 Å².